The molecule has 0 spiro atoms. The van der Waals surface area contributed by atoms with Crippen LogP contribution in [0, 0.1) is 13.1 Å². The van der Waals surface area contributed by atoms with Gasteiger partial charge in [0.15, 0.2) is 11.4 Å². The van der Waals surface area contributed by atoms with Gasteiger partial charge >= 0.3 is 0 Å². The highest BCUT2D eigenvalue weighted by Gasteiger charge is 2.10. The van der Waals surface area contributed by atoms with E-state index < -0.39 is 0 Å². The van der Waals surface area contributed by atoms with Crippen LogP contribution in [0.4, 0.5) is 17.1 Å². The maximum Gasteiger partial charge on any atom is 0.187 e. The van der Waals surface area contributed by atoms with Crippen molar-refractivity contribution < 1.29 is 0 Å². The number of benzene rings is 3. The minimum absolute atomic E-state index is 0.603. The summed E-state index contributed by atoms with van der Waals surface area (Å²) in [5.74, 6) is 0. The van der Waals surface area contributed by atoms with Crippen LogP contribution in [-0.4, -0.2) is 0 Å². The van der Waals surface area contributed by atoms with E-state index in [4.69, 9.17) is 18.9 Å². The second-order valence-corrected chi connectivity index (χ2v) is 5.09. The van der Waals surface area contributed by atoms with Crippen molar-refractivity contribution in [3.8, 4) is 22.3 Å². The molecule has 0 heterocycles. The molecular weight excluding hydrogens is 282 g/mol. The van der Waals surface area contributed by atoms with E-state index in [1.807, 2.05) is 42.5 Å². The summed E-state index contributed by atoms with van der Waals surface area (Å²) in [5.41, 5.74) is 12.0. The lowest BCUT2D eigenvalue weighted by molar-refractivity contribution is 1.58. The van der Waals surface area contributed by atoms with Gasteiger partial charge in [0, 0.05) is 11.3 Å². The van der Waals surface area contributed by atoms with Crippen LogP contribution in [0.1, 0.15) is 0 Å². The first-order valence-corrected chi connectivity index (χ1v) is 7.07. The normalized spacial score (nSPS) is 9.83. The van der Waals surface area contributed by atoms with Crippen LogP contribution in [0.25, 0.3) is 31.9 Å². The van der Waals surface area contributed by atoms with Gasteiger partial charge in [0.25, 0.3) is 0 Å². The van der Waals surface area contributed by atoms with Crippen molar-refractivity contribution in [1.29, 1.82) is 0 Å². The molecule has 0 saturated heterocycles. The van der Waals surface area contributed by atoms with Crippen molar-refractivity contribution in [3.05, 3.63) is 89.6 Å². The molecular formula is C20H13N3. The van der Waals surface area contributed by atoms with Crippen molar-refractivity contribution in [1.82, 2.24) is 0 Å². The van der Waals surface area contributed by atoms with Crippen LogP contribution in [0.15, 0.2) is 66.7 Å². The van der Waals surface area contributed by atoms with Gasteiger partial charge in [0.05, 0.1) is 13.1 Å². The molecule has 0 bridgehead atoms. The zero-order valence-corrected chi connectivity index (χ0v) is 12.3. The third-order valence-corrected chi connectivity index (χ3v) is 3.69. The number of nitrogens with two attached hydrogens (primary N) is 1. The summed E-state index contributed by atoms with van der Waals surface area (Å²) < 4.78 is 0. The molecule has 0 aliphatic heterocycles. The molecule has 0 unspecified atom stereocenters. The summed E-state index contributed by atoms with van der Waals surface area (Å²) in [5, 5.41) is 0. The monoisotopic (exact) mass is 295 g/mol. The lowest BCUT2D eigenvalue weighted by Crippen LogP contribution is -1.93. The van der Waals surface area contributed by atoms with Crippen molar-refractivity contribution in [2.45, 2.75) is 0 Å². The summed E-state index contributed by atoms with van der Waals surface area (Å²) in [6.07, 6.45) is 0. The van der Waals surface area contributed by atoms with Gasteiger partial charge in [-0.25, -0.2) is 9.69 Å². The number of nitrogen functional groups attached to an aromatic ring is 1. The lowest BCUT2D eigenvalue weighted by atomic mass is 9.93. The SMILES string of the molecule is [C-]#[N+]c1ccc(-c2cccc(N)c2-c2ccc([N+]#[C-])cc2)cc1. The summed E-state index contributed by atoms with van der Waals surface area (Å²) in [6, 6.07) is 20.7. The van der Waals surface area contributed by atoms with Crippen LogP contribution in [-0.2, 0) is 0 Å². The average molecular weight is 295 g/mol. The van der Waals surface area contributed by atoms with Gasteiger partial charge in [-0.05, 0) is 22.8 Å². The summed E-state index contributed by atoms with van der Waals surface area (Å²) in [4.78, 5) is 6.84. The Hall–Kier alpha value is -3.56. The van der Waals surface area contributed by atoms with E-state index >= 15 is 0 Å². The van der Waals surface area contributed by atoms with Crippen LogP contribution in [0.3, 0.4) is 0 Å². The highest BCUT2D eigenvalue weighted by atomic mass is 14.6. The van der Waals surface area contributed by atoms with E-state index in [9.17, 15) is 0 Å². The molecule has 0 radical (unpaired) electrons. The standard InChI is InChI=1S/C20H13N3/c1-22-16-10-6-14(7-11-16)18-4-3-5-19(21)20(18)15-8-12-17(23-2)13-9-15/h3-13H,21H2. The third kappa shape index (κ3) is 2.77. The minimum atomic E-state index is 0.603. The van der Waals surface area contributed by atoms with Gasteiger partial charge < -0.3 is 5.73 Å². The highest BCUT2D eigenvalue weighted by molar-refractivity contribution is 5.91. The van der Waals surface area contributed by atoms with Crippen LogP contribution >= 0.6 is 0 Å². The fraction of sp³-hybridized carbons (Fsp3) is 0. The zero-order chi connectivity index (χ0) is 16.2. The Balaban J connectivity index is 2.16. The molecule has 0 aromatic heterocycles. The largest absolute Gasteiger partial charge is 0.398 e. The van der Waals surface area contributed by atoms with Gasteiger partial charge in [-0.2, -0.15) is 0 Å². The first-order valence-electron chi connectivity index (χ1n) is 7.07. The molecule has 3 aromatic rings. The minimum Gasteiger partial charge on any atom is -0.398 e. The number of anilines is 1. The number of hydrogen-bond acceptors (Lipinski definition) is 1. The van der Waals surface area contributed by atoms with Crippen molar-refractivity contribution >= 4 is 17.1 Å². The molecule has 3 heteroatoms. The van der Waals surface area contributed by atoms with Gasteiger partial charge in [0.2, 0.25) is 0 Å². The first-order chi connectivity index (χ1) is 11.2. The zero-order valence-electron chi connectivity index (χ0n) is 12.3. The molecule has 0 saturated carbocycles. The maximum atomic E-state index is 7.05. The van der Waals surface area contributed by atoms with E-state index in [2.05, 4.69) is 9.69 Å². The molecule has 0 atom stereocenters. The average Bonchev–Trinajstić information content (AvgIpc) is 2.62. The van der Waals surface area contributed by atoms with Crippen LogP contribution < -0.4 is 5.73 Å². The second kappa shape index (κ2) is 6.05. The molecule has 3 rings (SSSR count). The molecule has 3 nitrogen and oxygen atoms in total. The van der Waals surface area contributed by atoms with Crippen molar-refractivity contribution in [2.75, 3.05) is 5.73 Å². The Labute approximate surface area is 135 Å². The third-order valence-electron chi connectivity index (χ3n) is 3.69. The van der Waals surface area contributed by atoms with E-state index in [-0.39, 0.29) is 0 Å². The molecule has 0 fully saturated rings. The van der Waals surface area contributed by atoms with E-state index in [1.54, 1.807) is 24.3 Å². The lowest BCUT2D eigenvalue weighted by Gasteiger charge is -2.13. The van der Waals surface area contributed by atoms with Gasteiger partial charge in [-0.3, -0.25) is 0 Å². The second-order valence-electron chi connectivity index (χ2n) is 5.09. The fourth-order valence-corrected chi connectivity index (χ4v) is 2.55. The van der Waals surface area contributed by atoms with Gasteiger partial charge in [-0.15, -0.1) is 0 Å². The highest BCUT2D eigenvalue weighted by Crippen LogP contribution is 2.37. The topological polar surface area (TPSA) is 34.7 Å². The predicted octanol–water partition coefficient (Wildman–Crippen LogP) is 5.70. The molecule has 3 aromatic carbocycles. The Morgan fingerprint density at radius 2 is 1.17 bits per heavy atom. The number of hydrogen-bond donors (Lipinski definition) is 1. The Kier molecular flexibility index (Phi) is 3.78. The Morgan fingerprint density at radius 3 is 1.70 bits per heavy atom. The molecule has 108 valence electrons. The van der Waals surface area contributed by atoms with Gasteiger partial charge in [-0.1, -0.05) is 60.7 Å². The first kappa shape index (κ1) is 14.4. The van der Waals surface area contributed by atoms with E-state index in [0.717, 1.165) is 22.3 Å². The summed E-state index contributed by atoms with van der Waals surface area (Å²) in [6.45, 7) is 14.1. The molecule has 0 aliphatic carbocycles. The summed E-state index contributed by atoms with van der Waals surface area (Å²) in [7, 11) is 0. The fourth-order valence-electron chi connectivity index (χ4n) is 2.55. The quantitative estimate of drug-likeness (QED) is 0.477. The molecule has 23 heavy (non-hydrogen) atoms. The summed E-state index contributed by atoms with van der Waals surface area (Å²) >= 11 is 0. The molecule has 0 amide bonds. The van der Waals surface area contributed by atoms with Crippen molar-refractivity contribution in [3.63, 3.8) is 0 Å². The smallest absolute Gasteiger partial charge is 0.187 e. The maximum absolute atomic E-state index is 7.05. The van der Waals surface area contributed by atoms with E-state index in [1.165, 1.54) is 0 Å². The predicted molar refractivity (Wildman–Crippen MR) is 94.3 cm³/mol. The number of rotatable bonds is 2. The Bertz CT molecular complexity index is 925. The number of nitrogens with zero attached hydrogens (tertiary/aromatic N) is 2. The van der Waals surface area contributed by atoms with Crippen LogP contribution in [0.5, 0.6) is 0 Å². The molecule has 0 aliphatic rings. The van der Waals surface area contributed by atoms with Gasteiger partial charge in [0.1, 0.15) is 0 Å². The Morgan fingerprint density at radius 1 is 0.652 bits per heavy atom. The van der Waals surface area contributed by atoms with E-state index in [0.29, 0.717) is 17.1 Å². The van der Waals surface area contributed by atoms with Crippen LogP contribution in [0.2, 0.25) is 0 Å². The molecule has 2 N–H and O–H groups in total. The van der Waals surface area contributed by atoms with Crippen molar-refractivity contribution in [2.24, 2.45) is 0 Å².